The molecular formula is C15H22N2O2. The molecule has 1 heterocycles. The van der Waals surface area contributed by atoms with E-state index in [0.717, 1.165) is 12.8 Å². The van der Waals surface area contributed by atoms with Crippen molar-refractivity contribution in [3.8, 4) is 0 Å². The second-order valence-electron chi connectivity index (χ2n) is 5.11. The minimum absolute atomic E-state index is 0.0776. The highest BCUT2D eigenvalue weighted by Gasteiger charge is 2.28. The molecule has 19 heavy (non-hydrogen) atoms. The number of ether oxygens (including phenoxy) is 1. The van der Waals surface area contributed by atoms with E-state index in [4.69, 9.17) is 10.5 Å². The molecule has 1 amide bonds. The molecule has 1 aliphatic heterocycles. The third kappa shape index (κ3) is 3.78. The molecule has 2 N–H and O–H groups in total. The summed E-state index contributed by atoms with van der Waals surface area (Å²) in [5, 5.41) is 0. The number of aryl methyl sites for hydroxylation is 1. The maximum Gasteiger partial charge on any atom is 0.249 e. The van der Waals surface area contributed by atoms with Crippen LogP contribution in [-0.2, 0) is 16.1 Å². The van der Waals surface area contributed by atoms with Crippen LogP contribution in [0.4, 0.5) is 0 Å². The topological polar surface area (TPSA) is 55.6 Å². The summed E-state index contributed by atoms with van der Waals surface area (Å²) in [5.74, 6) is 0.0776. The van der Waals surface area contributed by atoms with Crippen molar-refractivity contribution in [3.63, 3.8) is 0 Å². The molecule has 0 bridgehead atoms. The number of carbonyl (C=O) groups excluding carboxylic acids is 1. The van der Waals surface area contributed by atoms with Crippen molar-refractivity contribution < 1.29 is 9.53 Å². The van der Waals surface area contributed by atoms with Crippen LogP contribution in [0.3, 0.4) is 0 Å². The molecule has 1 unspecified atom stereocenters. The molecule has 104 valence electrons. The Labute approximate surface area is 114 Å². The highest BCUT2D eigenvalue weighted by molar-refractivity contribution is 5.78. The number of benzene rings is 1. The van der Waals surface area contributed by atoms with Gasteiger partial charge in [0.25, 0.3) is 0 Å². The van der Waals surface area contributed by atoms with Gasteiger partial charge in [0.15, 0.2) is 0 Å². The van der Waals surface area contributed by atoms with Gasteiger partial charge in [0, 0.05) is 6.54 Å². The first-order valence-electron chi connectivity index (χ1n) is 6.83. The molecule has 0 aromatic heterocycles. The Morgan fingerprint density at radius 3 is 2.79 bits per heavy atom. The maximum absolute atomic E-state index is 12.0. The van der Waals surface area contributed by atoms with Gasteiger partial charge in [-0.05, 0) is 31.9 Å². The molecule has 0 radical (unpaired) electrons. The van der Waals surface area contributed by atoms with Gasteiger partial charge in [0.05, 0.1) is 12.6 Å². The molecule has 0 saturated carbocycles. The van der Waals surface area contributed by atoms with Crippen LogP contribution in [0.15, 0.2) is 24.3 Å². The zero-order chi connectivity index (χ0) is 13.7. The second kappa shape index (κ2) is 6.68. The highest BCUT2D eigenvalue weighted by atomic mass is 16.5. The van der Waals surface area contributed by atoms with E-state index < -0.39 is 0 Å². The van der Waals surface area contributed by atoms with Crippen LogP contribution < -0.4 is 5.73 Å². The number of nitrogens with zero attached hydrogens (tertiary/aromatic N) is 1. The fraction of sp³-hybridized carbons (Fsp3) is 0.533. The molecule has 1 fully saturated rings. The van der Waals surface area contributed by atoms with E-state index in [1.165, 1.54) is 11.1 Å². The predicted molar refractivity (Wildman–Crippen MR) is 74.6 cm³/mol. The van der Waals surface area contributed by atoms with Crippen molar-refractivity contribution in [3.05, 3.63) is 35.4 Å². The molecule has 0 spiro atoms. The van der Waals surface area contributed by atoms with E-state index in [0.29, 0.717) is 19.7 Å². The summed E-state index contributed by atoms with van der Waals surface area (Å²) in [7, 11) is 0. The van der Waals surface area contributed by atoms with Crippen LogP contribution in [0.2, 0.25) is 0 Å². The summed E-state index contributed by atoms with van der Waals surface area (Å²) in [6, 6.07) is 8.48. The largest absolute Gasteiger partial charge is 0.369 e. The van der Waals surface area contributed by atoms with E-state index in [9.17, 15) is 4.79 Å². The van der Waals surface area contributed by atoms with Gasteiger partial charge in [-0.2, -0.15) is 0 Å². The Morgan fingerprint density at radius 2 is 2.11 bits per heavy atom. The number of rotatable bonds is 5. The zero-order valence-corrected chi connectivity index (χ0v) is 11.5. The fourth-order valence-corrected chi connectivity index (χ4v) is 2.36. The van der Waals surface area contributed by atoms with Crippen molar-refractivity contribution in [1.82, 2.24) is 4.90 Å². The predicted octanol–water partition coefficient (Wildman–Crippen LogP) is 1.46. The standard InChI is InChI=1S/C15H22N2O2/c1-12-4-6-13(7-5-12)9-17-14(3-2-8-16)10-19-11-15(17)18/h4-7,14H,2-3,8-11,16H2,1H3. The molecule has 0 aliphatic carbocycles. The summed E-state index contributed by atoms with van der Waals surface area (Å²) in [6.07, 6.45) is 1.83. The molecule has 1 aromatic carbocycles. The first-order valence-corrected chi connectivity index (χ1v) is 6.83. The van der Waals surface area contributed by atoms with Crippen LogP contribution in [0.1, 0.15) is 24.0 Å². The van der Waals surface area contributed by atoms with Crippen molar-refractivity contribution >= 4 is 5.91 Å². The van der Waals surface area contributed by atoms with Gasteiger partial charge in [0.1, 0.15) is 6.61 Å². The third-order valence-electron chi connectivity index (χ3n) is 3.51. The first kappa shape index (κ1) is 14.0. The average molecular weight is 262 g/mol. The lowest BCUT2D eigenvalue weighted by Crippen LogP contribution is -2.48. The zero-order valence-electron chi connectivity index (χ0n) is 11.5. The number of amides is 1. The van der Waals surface area contributed by atoms with Crippen molar-refractivity contribution in [2.24, 2.45) is 5.73 Å². The van der Waals surface area contributed by atoms with Gasteiger partial charge in [-0.3, -0.25) is 4.79 Å². The Morgan fingerprint density at radius 1 is 1.37 bits per heavy atom. The third-order valence-corrected chi connectivity index (χ3v) is 3.51. The van der Waals surface area contributed by atoms with Gasteiger partial charge in [0.2, 0.25) is 5.91 Å². The molecular weight excluding hydrogens is 240 g/mol. The normalized spacial score (nSPS) is 19.8. The van der Waals surface area contributed by atoms with Gasteiger partial charge in [-0.15, -0.1) is 0 Å². The minimum Gasteiger partial charge on any atom is -0.369 e. The van der Waals surface area contributed by atoms with Gasteiger partial charge >= 0.3 is 0 Å². The first-order chi connectivity index (χ1) is 9.20. The van der Waals surface area contributed by atoms with Gasteiger partial charge < -0.3 is 15.4 Å². The van der Waals surface area contributed by atoms with Crippen LogP contribution in [-0.4, -0.2) is 36.6 Å². The number of hydrogen-bond acceptors (Lipinski definition) is 3. The van der Waals surface area contributed by atoms with E-state index in [-0.39, 0.29) is 18.6 Å². The van der Waals surface area contributed by atoms with Crippen molar-refractivity contribution in [2.75, 3.05) is 19.8 Å². The summed E-state index contributed by atoms with van der Waals surface area (Å²) < 4.78 is 5.35. The Kier molecular flexibility index (Phi) is 4.93. The molecule has 1 aliphatic rings. The van der Waals surface area contributed by atoms with Crippen LogP contribution in [0, 0.1) is 6.92 Å². The van der Waals surface area contributed by atoms with Gasteiger partial charge in [-0.1, -0.05) is 29.8 Å². The van der Waals surface area contributed by atoms with E-state index in [1.54, 1.807) is 0 Å². The summed E-state index contributed by atoms with van der Waals surface area (Å²) in [5.41, 5.74) is 7.95. The summed E-state index contributed by atoms with van der Waals surface area (Å²) in [4.78, 5) is 13.9. The Bertz CT molecular complexity index is 417. The van der Waals surface area contributed by atoms with Crippen LogP contribution >= 0.6 is 0 Å². The molecule has 1 aromatic rings. The Balaban J connectivity index is 2.04. The van der Waals surface area contributed by atoms with E-state index in [2.05, 4.69) is 31.2 Å². The number of nitrogens with two attached hydrogens (primary N) is 1. The van der Waals surface area contributed by atoms with Crippen molar-refractivity contribution in [2.45, 2.75) is 32.4 Å². The van der Waals surface area contributed by atoms with E-state index in [1.807, 2.05) is 4.90 Å². The fourth-order valence-electron chi connectivity index (χ4n) is 2.36. The average Bonchev–Trinajstić information content (AvgIpc) is 2.42. The molecule has 1 saturated heterocycles. The van der Waals surface area contributed by atoms with Crippen molar-refractivity contribution in [1.29, 1.82) is 0 Å². The number of morpholine rings is 1. The lowest BCUT2D eigenvalue weighted by Gasteiger charge is -2.35. The van der Waals surface area contributed by atoms with Crippen LogP contribution in [0.25, 0.3) is 0 Å². The quantitative estimate of drug-likeness (QED) is 0.874. The smallest absolute Gasteiger partial charge is 0.249 e. The summed E-state index contributed by atoms with van der Waals surface area (Å²) >= 11 is 0. The molecule has 4 heteroatoms. The summed E-state index contributed by atoms with van der Waals surface area (Å²) in [6.45, 7) is 4.21. The second-order valence-corrected chi connectivity index (χ2v) is 5.11. The molecule has 1 atom stereocenters. The van der Waals surface area contributed by atoms with Gasteiger partial charge in [-0.25, -0.2) is 0 Å². The molecule has 4 nitrogen and oxygen atoms in total. The van der Waals surface area contributed by atoms with Crippen LogP contribution in [0.5, 0.6) is 0 Å². The lowest BCUT2D eigenvalue weighted by atomic mass is 10.1. The minimum atomic E-state index is 0.0776. The number of carbonyl (C=O) groups is 1. The van der Waals surface area contributed by atoms with E-state index >= 15 is 0 Å². The lowest BCUT2D eigenvalue weighted by molar-refractivity contribution is -0.149. The Hall–Kier alpha value is -1.39. The number of hydrogen-bond donors (Lipinski definition) is 1. The molecule has 2 rings (SSSR count). The maximum atomic E-state index is 12.0. The highest BCUT2D eigenvalue weighted by Crippen LogP contribution is 2.17. The SMILES string of the molecule is Cc1ccc(CN2C(=O)COCC2CCCN)cc1. The monoisotopic (exact) mass is 262 g/mol.